The van der Waals surface area contributed by atoms with Crippen LogP contribution < -0.4 is 5.32 Å². The summed E-state index contributed by atoms with van der Waals surface area (Å²) in [4.78, 5) is 8.34. The Labute approximate surface area is 146 Å². The SMILES string of the molecule is Cc1ccc(C)c(CCc2cc(Nc3cc(Cl)nc(C)n3)n[nH]2)c1. The monoisotopic (exact) mass is 341 g/mol. The number of anilines is 2. The Bertz CT molecular complexity index is 836. The Morgan fingerprint density at radius 3 is 2.62 bits per heavy atom. The van der Waals surface area contributed by atoms with Crippen LogP contribution in [0.15, 0.2) is 30.3 Å². The van der Waals surface area contributed by atoms with Crippen molar-refractivity contribution < 1.29 is 0 Å². The number of benzene rings is 1. The molecular formula is C18H20ClN5. The van der Waals surface area contributed by atoms with Crippen molar-refractivity contribution in [3.8, 4) is 0 Å². The molecule has 2 aromatic heterocycles. The molecular weight excluding hydrogens is 322 g/mol. The second-order valence-electron chi connectivity index (χ2n) is 5.96. The maximum absolute atomic E-state index is 5.95. The van der Waals surface area contributed by atoms with Gasteiger partial charge in [0.05, 0.1) is 0 Å². The smallest absolute Gasteiger partial charge is 0.153 e. The van der Waals surface area contributed by atoms with Gasteiger partial charge in [-0.1, -0.05) is 35.4 Å². The highest BCUT2D eigenvalue weighted by atomic mass is 35.5. The number of aromatic nitrogens is 4. The van der Waals surface area contributed by atoms with Gasteiger partial charge in [0.1, 0.15) is 16.8 Å². The van der Waals surface area contributed by atoms with Crippen LogP contribution in [0.4, 0.5) is 11.6 Å². The van der Waals surface area contributed by atoms with Gasteiger partial charge in [0, 0.05) is 17.8 Å². The molecule has 0 saturated carbocycles. The molecule has 0 saturated heterocycles. The number of nitrogens with zero attached hydrogens (tertiary/aromatic N) is 3. The van der Waals surface area contributed by atoms with Crippen LogP contribution in [0.25, 0.3) is 0 Å². The molecule has 24 heavy (non-hydrogen) atoms. The van der Waals surface area contributed by atoms with Crippen LogP contribution in [0, 0.1) is 20.8 Å². The molecule has 5 nitrogen and oxygen atoms in total. The Hall–Kier alpha value is -2.40. The van der Waals surface area contributed by atoms with Crippen molar-refractivity contribution >= 4 is 23.2 Å². The molecule has 3 rings (SSSR count). The summed E-state index contributed by atoms with van der Waals surface area (Å²) in [5.41, 5.74) is 5.07. The summed E-state index contributed by atoms with van der Waals surface area (Å²) in [6.07, 6.45) is 1.89. The molecule has 0 atom stereocenters. The molecule has 2 heterocycles. The zero-order chi connectivity index (χ0) is 17.1. The van der Waals surface area contributed by atoms with Gasteiger partial charge in [0.15, 0.2) is 5.82 Å². The third-order valence-electron chi connectivity index (χ3n) is 3.86. The van der Waals surface area contributed by atoms with E-state index in [4.69, 9.17) is 11.6 Å². The molecule has 3 aromatic rings. The van der Waals surface area contributed by atoms with E-state index in [2.05, 4.69) is 57.5 Å². The molecule has 0 unspecified atom stereocenters. The fraction of sp³-hybridized carbons (Fsp3) is 0.278. The molecule has 0 aliphatic rings. The van der Waals surface area contributed by atoms with Gasteiger partial charge in [-0.3, -0.25) is 5.10 Å². The van der Waals surface area contributed by atoms with Crippen LogP contribution >= 0.6 is 11.6 Å². The van der Waals surface area contributed by atoms with Gasteiger partial charge in [0.2, 0.25) is 0 Å². The molecule has 0 aliphatic heterocycles. The number of hydrogen-bond acceptors (Lipinski definition) is 4. The summed E-state index contributed by atoms with van der Waals surface area (Å²) < 4.78 is 0. The normalized spacial score (nSPS) is 10.8. The van der Waals surface area contributed by atoms with E-state index in [1.807, 2.05) is 6.07 Å². The first-order valence-corrected chi connectivity index (χ1v) is 8.26. The predicted octanol–water partition coefficient (Wildman–Crippen LogP) is 4.31. The largest absolute Gasteiger partial charge is 0.323 e. The van der Waals surface area contributed by atoms with E-state index in [0.717, 1.165) is 24.4 Å². The van der Waals surface area contributed by atoms with Crippen molar-refractivity contribution in [1.29, 1.82) is 0 Å². The number of rotatable bonds is 5. The summed E-state index contributed by atoms with van der Waals surface area (Å²) >= 11 is 5.95. The number of hydrogen-bond donors (Lipinski definition) is 2. The van der Waals surface area contributed by atoms with Gasteiger partial charge in [0.25, 0.3) is 0 Å². The lowest BCUT2D eigenvalue weighted by Crippen LogP contribution is -1.97. The van der Waals surface area contributed by atoms with Crippen LogP contribution in [-0.4, -0.2) is 20.2 Å². The molecule has 0 amide bonds. The molecule has 124 valence electrons. The van der Waals surface area contributed by atoms with Gasteiger partial charge < -0.3 is 5.32 Å². The number of aryl methyl sites for hydroxylation is 5. The topological polar surface area (TPSA) is 66.5 Å². The molecule has 6 heteroatoms. The van der Waals surface area contributed by atoms with Crippen molar-refractivity contribution in [3.63, 3.8) is 0 Å². The zero-order valence-corrected chi connectivity index (χ0v) is 14.8. The van der Waals surface area contributed by atoms with E-state index >= 15 is 0 Å². The second kappa shape index (κ2) is 7.01. The lowest BCUT2D eigenvalue weighted by molar-refractivity contribution is 0.886. The molecule has 1 aromatic carbocycles. The van der Waals surface area contributed by atoms with E-state index in [1.54, 1.807) is 13.0 Å². The van der Waals surface area contributed by atoms with E-state index in [0.29, 0.717) is 16.8 Å². The van der Waals surface area contributed by atoms with Crippen molar-refractivity contribution in [2.75, 3.05) is 5.32 Å². The second-order valence-corrected chi connectivity index (χ2v) is 6.34. The fourth-order valence-corrected chi connectivity index (χ4v) is 2.84. The summed E-state index contributed by atoms with van der Waals surface area (Å²) in [5.74, 6) is 1.98. The van der Waals surface area contributed by atoms with Crippen LogP contribution in [-0.2, 0) is 12.8 Å². The Kier molecular flexibility index (Phi) is 4.81. The maximum atomic E-state index is 5.95. The summed E-state index contributed by atoms with van der Waals surface area (Å²) in [7, 11) is 0. The minimum absolute atomic E-state index is 0.413. The first-order chi connectivity index (χ1) is 11.5. The minimum Gasteiger partial charge on any atom is -0.323 e. The Morgan fingerprint density at radius 2 is 1.83 bits per heavy atom. The molecule has 2 N–H and O–H groups in total. The predicted molar refractivity (Wildman–Crippen MR) is 97.0 cm³/mol. The summed E-state index contributed by atoms with van der Waals surface area (Å²) in [6, 6.07) is 10.2. The van der Waals surface area contributed by atoms with Gasteiger partial charge in [-0.15, -0.1) is 0 Å². The van der Waals surface area contributed by atoms with E-state index in [1.165, 1.54) is 16.7 Å². The molecule has 0 radical (unpaired) electrons. The standard InChI is InChI=1S/C18H20ClN5/c1-11-4-5-12(2)14(8-11)6-7-15-9-18(24-23-15)22-17-10-16(19)20-13(3)21-17/h4-5,8-10H,6-7H2,1-3H3,(H2,20,21,22,23,24). The van der Waals surface area contributed by atoms with Gasteiger partial charge in [-0.2, -0.15) is 5.10 Å². The molecule has 0 aliphatic carbocycles. The number of H-pyrrole nitrogens is 1. The average molecular weight is 342 g/mol. The highest BCUT2D eigenvalue weighted by molar-refractivity contribution is 6.29. The number of halogens is 1. The molecule has 0 fully saturated rings. The van der Waals surface area contributed by atoms with Gasteiger partial charge >= 0.3 is 0 Å². The third-order valence-corrected chi connectivity index (χ3v) is 4.06. The van der Waals surface area contributed by atoms with Crippen LogP contribution in [0.2, 0.25) is 5.15 Å². The van der Waals surface area contributed by atoms with Gasteiger partial charge in [-0.05, 0) is 44.7 Å². The first-order valence-electron chi connectivity index (χ1n) is 7.88. The van der Waals surface area contributed by atoms with Crippen molar-refractivity contribution in [3.05, 3.63) is 63.7 Å². The zero-order valence-electron chi connectivity index (χ0n) is 14.0. The molecule has 0 spiro atoms. The van der Waals surface area contributed by atoms with Crippen LogP contribution in [0.5, 0.6) is 0 Å². The van der Waals surface area contributed by atoms with E-state index < -0.39 is 0 Å². The highest BCUT2D eigenvalue weighted by Crippen LogP contribution is 2.18. The summed E-state index contributed by atoms with van der Waals surface area (Å²) in [6.45, 7) is 6.07. The maximum Gasteiger partial charge on any atom is 0.153 e. The highest BCUT2D eigenvalue weighted by Gasteiger charge is 2.06. The fourth-order valence-electron chi connectivity index (χ4n) is 2.62. The van der Waals surface area contributed by atoms with Crippen LogP contribution in [0.3, 0.4) is 0 Å². The minimum atomic E-state index is 0.413. The quantitative estimate of drug-likeness (QED) is 0.679. The lowest BCUT2D eigenvalue weighted by Gasteiger charge is -2.06. The van der Waals surface area contributed by atoms with E-state index in [9.17, 15) is 0 Å². The van der Waals surface area contributed by atoms with Gasteiger partial charge in [-0.25, -0.2) is 9.97 Å². The van der Waals surface area contributed by atoms with E-state index in [-0.39, 0.29) is 0 Å². The first kappa shape index (κ1) is 16.5. The molecule has 0 bridgehead atoms. The number of aromatic amines is 1. The summed E-state index contributed by atoms with van der Waals surface area (Å²) in [5, 5.41) is 10.9. The average Bonchev–Trinajstić information content (AvgIpc) is 2.94. The number of nitrogens with one attached hydrogen (secondary N) is 2. The Balaban J connectivity index is 1.66. The lowest BCUT2D eigenvalue weighted by atomic mass is 10.0. The van der Waals surface area contributed by atoms with Crippen LogP contribution in [0.1, 0.15) is 28.2 Å². The third kappa shape index (κ3) is 4.11. The Morgan fingerprint density at radius 1 is 1.00 bits per heavy atom. The van der Waals surface area contributed by atoms with Crippen molar-refractivity contribution in [2.24, 2.45) is 0 Å². The van der Waals surface area contributed by atoms with Crippen molar-refractivity contribution in [2.45, 2.75) is 33.6 Å². The van der Waals surface area contributed by atoms with Crippen molar-refractivity contribution in [1.82, 2.24) is 20.2 Å².